The second-order valence-corrected chi connectivity index (χ2v) is 5.70. The van der Waals surface area contributed by atoms with E-state index in [1.165, 1.54) is 21.7 Å². The van der Waals surface area contributed by atoms with Gasteiger partial charge in [-0.2, -0.15) is 0 Å². The molecule has 2 rings (SSSR count). The van der Waals surface area contributed by atoms with Crippen LogP contribution in [-0.4, -0.2) is 46.5 Å². The SMILES string of the molecule is CN(C)C(=O)CNC(=O)Cn1c(=O)ccn(Cc2ccccc2)c1=O. The predicted octanol–water partition coefficient (Wildman–Crippen LogP) is -0.737. The van der Waals surface area contributed by atoms with Crippen LogP contribution in [0.3, 0.4) is 0 Å². The fraction of sp³-hybridized carbons (Fsp3) is 0.294. The molecule has 0 aliphatic heterocycles. The average molecular weight is 344 g/mol. The molecule has 0 atom stereocenters. The predicted molar refractivity (Wildman–Crippen MR) is 92.2 cm³/mol. The summed E-state index contributed by atoms with van der Waals surface area (Å²) in [4.78, 5) is 49.1. The molecule has 0 aliphatic rings. The third-order valence-corrected chi connectivity index (χ3v) is 3.57. The molecule has 1 aromatic carbocycles. The Balaban J connectivity index is 2.14. The number of likely N-dealkylation sites (N-methyl/N-ethyl adjacent to an activating group) is 1. The molecule has 0 saturated heterocycles. The number of rotatable bonds is 6. The highest BCUT2D eigenvalue weighted by Gasteiger charge is 2.12. The van der Waals surface area contributed by atoms with E-state index in [4.69, 9.17) is 0 Å². The van der Waals surface area contributed by atoms with Crippen molar-refractivity contribution in [1.29, 1.82) is 0 Å². The fourth-order valence-corrected chi connectivity index (χ4v) is 2.13. The van der Waals surface area contributed by atoms with Crippen LogP contribution in [0.25, 0.3) is 0 Å². The van der Waals surface area contributed by atoms with E-state index in [0.717, 1.165) is 10.1 Å². The maximum absolute atomic E-state index is 12.4. The minimum atomic E-state index is -0.578. The van der Waals surface area contributed by atoms with Gasteiger partial charge in [0.25, 0.3) is 5.56 Å². The number of hydrogen-bond acceptors (Lipinski definition) is 4. The van der Waals surface area contributed by atoms with Gasteiger partial charge in [0, 0.05) is 26.4 Å². The molecule has 132 valence electrons. The fourth-order valence-electron chi connectivity index (χ4n) is 2.13. The Hall–Kier alpha value is -3.16. The highest BCUT2D eigenvalue weighted by atomic mass is 16.2. The standard InChI is InChI=1S/C17H20N4O4/c1-19(2)16(24)10-18-14(22)12-21-15(23)8-9-20(17(21)25)11-13-6-4-3-5-7-13/h3-9H,10-12H2,1-2H3,(H,18,22). The number of nitrogens with one attached hydrogen (secondary N) is 1. The molecular formula is C17H20N4O4. The molecule has 0 fully saturated rings. The van der Waals surface area contributed by atoms with Gasteiger partial charge in [-0.1, -0.05) is 30.3 Å². The lowest BCUT2D eigenvalue weighted by atomic mass is 10.2. The number of nitrogens with zero attached hydrogens (tertiary/aromatic N) is 3. The van der Waals surface area contributed by atoms with Crippen LogP contribution in [0.5, 0.6) is 0 Å². The van der Waals surface area contributed by atoms with Crippen molar-refractivity contribution in [3.8, 4) is 0 Å². The van der Waals surface area contributed by atoms with Crippen molar-refractivity contribution in [2.45, 2.75) is 13.1 Å². The van der Waals surface area contributed by atoms with Crippen molar-refractivity contribution in [3.05, 3.63) is 69.0 Å². The summed E-state index contributed by atoms with van der Waals surface area (Å²) in [5, 5.41) is 2.40. The van der Waals surface area contributed by atoms with E-state index >= 15 is 0 Å². The number of aromatic nitrogens is 2. The third-order valence-electron chi connectivity index (χ3n) is 3.57. The number of carbonyl (C=O) groups is 2. The lowest BCUT2D eigenvalue weighted by Crippen LogP contribution is -2.44. The Morgan fingerprint density at radius 3 is 2.40 bits per heavy atom. The van der Waals surface area contributed by atoms with Crippen molar-refractivity contribution in [2.24, 2.45) is 0 Å². The van der Waals surface area contributed by atoms with Crippen molar-refractivity contribution < 1.29 is 9.59 Å². The normalized spacial score (nSPS) is 10.3. The largest absolute Gasteiger partial charge is 0.347 e. The van der Waals surface area contributed by atoms with Gasteiger partial charge in [-0.15, -0.1) is 0 Å². The zero-order chi connectivity index (χ0) is 18.4. The van der Waals surface area contributed by atoms with Gasteiger partial charge >= 0.3 is 5.69 Å². The van der Waals surface area contributed by atoms with E-state index in [9.17, 15) is 19.2 Å². The molecule has 0 saturated carbocycles. The number of hydrogen-bond donors (Lipinski definition) is 1. The van der Waals surface area contributed by atoms with Crippen LogP contribution in [0, 0.1) is 0 Å². The quantitative estimate of drug-likeness (QED) is 0.747. The van der Waals surface area contributed by atoms with E-state index in [0.29, 0.717) is 6.54 Å². The minimum Gasteiger partial charge on any atom is -0.347 e. The van der Waals surface area contributed by atoms with Gasteiger partial charge in [0.05, 0.1) is 13.1 Å². The highest BCUT2D eigenvalue weighted by Crippen LogP contribution is 1.99. The maximum atomic E-state index is 12.4. The summed E-state index contributed by atoms with van der Waals surface area (Å²) < 4.78 is 2.20. The number of benzene rings is 1. The Morgan fingerprint density at radius 1 is 1.08 bits per heavy atom. The van der Waals surface area contributed by atoms with Crippen LogP contribution in [0.4, 0.5) is 0 Å². The Morgan fingerprint density at radius 2 is 1.76 bits per heavy atom. The van der Waals surface area contributed by atoms with Gasteiger partial charge < -0.3 is 10.2 Å². The van der Waals surface area contributed by atoms with Gasteiger partial charge in [0.2, 0.25) is 11.8 Å². The van der Waals surface area contributed by atoms with Crippen LogP contribution < -0.4 is 16.6 Å². The maximum Gasteiger partial charge on any atom is 0.331 e. The molecule has 8 nitrogen and oxygen atoms in total. The molecule has 2 amide bonds. The number of carbonyl (C=O) groups excluding carboxylic acids is 2. The first kappa shape index (κ1) is 18.2. The Bertz CT molecular complexity index is 868. The van der Waals surface area contributed by atoms with Crippen LogP contribution in [0.1, 0.15) is 5.56 Å². The first-order valence-electron chi connectivity index (χ1n) is 7.69. The van der Waals surface area contributed by atoms with E-state index in [1.807, 2.05) is 30.3 Å². The Kier molecular flexibility index (Phi) is 5.89. The summed E-state index contributed by atoms with van der Waals surface area (Å²) in [7, 11) is 3.14. The topological polar surface area (TPSA) is 93.4 Å². The molecule has 8 heteroatoms. The Labute approximate surface area is 144 Å². The van der Waals surface area contributed by atoms with E-state index in [2.05, 4.69) is 5.32 Å². The zero-order valence-electron chi connectivity index (χ0n) is 14.1. The van der Waals surface area contributed by atoms with Gasteiger partial charge in [-0.25, -0.2) is 4.79 Å². The monoisotopic (exact) mass is 344 g/mol. The van der Waals surface area contributed by atoms with Crippen molar-refractivity contribution in [2.75, 3.05) is 20.6 Å². The molecule has 0 radical (unpaired) electrons. The van der Waals surface area contributed by atoms with Crippen molar-refractivity contribution in [1.82, 2.24) is 19.4 Å². The molecule has 0 aliphatic carbocycles. The first-order chi connectivity index (χ1) is 11.9. The molecule has 0 unspecified atom stereocenters. The lowest BCUT2D eigenvalue weighted by Gasteiger charge is -2.12. The zero-order valence-corrected chi connectivity index (χ0v) is 14.1. The average Bonchev–Trinajstić information content (AvgIpc) is 2.59. The third kappa shape index (κ3) is 4.90. The summed E-state index contributed by atoms with van der Waals surface area (Å²) in [6.07, 6.45) is 1.40. The van der Waals surface area contributed by atoms with Gasteiger partial charge in [0.15, 0.2) is 0 Å². The molecule has 1 heterocycles. The van der Waals surface area contributed by atoms with Gasteiger partial charge in [-0.3, -0.25) is 23.5 Å². The summed E-state index contributed by atoms with van der Waals surface area (Å²) in [6.45, 7) is -0.333. The molecule has 1 aromatic heterocycles. The molecule has 0 bridgehead atoms. The second kappa shape index (κ2) is 8.09. The number of amides is 2. The molecule has 2 aromatic rings. The molecule has 1 N–H and O–H groups in total. The summed E-state index contributed by atoms with van der Waals surface area (Å²) in [6, 6.07) is 10.5. The van der Waals surface area contributed by atoms with E-state index < -0.39 is 23.7 Å². The molecular weight excluding hydrogens is 324 g/mol. The molecule has 0 spiro atoms. The highest BCUT2D eigenvalue weighted by molar-refractivity contribution is 5.84. The van der Waals surface area contributed by atoms with Crippen molar-refractivity contribution in [3.63, 3.8) is 0 Å². The summed E-state index contributed by atoms with van der Waals surface area (Å²) in [5.41, 5.74) is -0.246. The first-order valence-corrected chi connectivity index (χ1v) is 7.69. The van der Waals surface area contributed by atoms with Crippen LogP contribution in [0.2, 0.25) is 0 Å². The van der Waals surface area contributed by atoms with Crippen LogP contribution in [0.15, 0.2) is 52.2 Å². The van der Waals surface area contributed by atoms with Crippen LogP contribution >= 0.6 is 0 Å². The van der Waals surface area contributed by atoms with E-state index in [-0.39, 0.29) is 12.5 Å². The second-order valence-electron chi connectivity index (χ2n) is 5.70. The minimum absolute atomic E-state index is 0.189. The van der Waals surface area contributed by atoms with Crippen LogP contribution in [-0.2, 0) is 22.7 Å². The molecule has 25 heavy (non-hydrogen) atoms. The summed E-state index contributed by atoms with van der Waals surface area (Å²) >= 11 is 0. The van der Waals surface area contributed by atoms with E-state index in [1.54, 1.807) is 14.1 Å². The lowest BCUT2D eigenvalue weighted by molar-refractivity contribution is -0.131. The van der Waals surface area contributed by atoms with Crippen molar-refractivity contribution >= 4 is 11.8 Å². The van der Waals surface area contributed by atoms with Gasteiger partial charge in [-0.05, 0) is 5.56 Å². The smallest absolute Gasteiger partial charge is 0.331 e. The van der Waals surface area contributed by atoms with Gasteiger partial charge in [0.1, 0.15) is 6.54 Å². The summed E-state index contributed by atoms with van der Waals surface area (Å²) in [5.74, 6) is -0.859.